The standard InChI is InChI=1S/C15H12BrFN2O/c16-11-5-6-12(17)10(7-11)9-19-14-4-2-1-3-13(14)18-8-15(19)20/h1-7,18H,8-9H2. The topological polar surface area (TPSA) is 32.3 Å². The summed E-state index contributed by atoms with van der Waals surface area (Å²) < 4.78 is 14.6. The van der Waals surface area contributed by atoms with Gasteiger partial charge in [-0.05, 0) is 30.3 Å². The van der Waals surface area contributed by atoms with Gasteiger partial charge in [0, 0.05) is 10.0 Å². The van der Waals surface area contributed by atoms with Crippen molar-refractivity contribution in [1.29, 1.82) is 0 Å². The average molecular weight is 335 g/mol. The Morgan fingerprint density at radius 2 is 2.05 bits per heavy atom. The Morgan fingerprint density at radius 1 is 1.25 bits per heavy atom. The molecular weight excluding hydrogens is 323 g/mol. The van der Waals surface area contributed by atoms with Gasteiger partial charge in [0.25, 0.3) is 0 Å². The van der Waals surface area contributed by atoms with Crippen LogP contribution in [0.5, 0.6) is 0 Å². The molecule has 3 rings (SSSR count). The Kier molecular flexibility index (Phi) is 3.44. The van der Waals surface area contributed by atoms with Crippen molar-refractivity contribution in [3.63, 3.8) is 0 Å². The number of amides is 1. The van der Waals surface area contributed by atoms with Crippen LogP contribution in [0, 0.1) is 5.82 Å². The number of fused-ring (bicyclic) bond motifs is 1. The quantitative estimate of drug-likeness (QED) is 0.910. The number of halogens is 2. The number of carbonyl (C=O) groups is 1. The van der Waals surface area contributed by atoms with E-state index in [1.165, 1.54) is 6.07 Å². The zero-order chi connectivity index (χ0) is 14.1. The van der Waals surface area contributed by atoms with E-state index < -0.39 is 0 Å². The van der Waals surface area contributed by atoms with Crippen LogP contribution < -0.4 is 10.2 Å². The third-order valence-electron chi connectivity index (χ3n) is 3.26. The summed E-state index contributed by atoms with van der Waals surface area (Å²) in [7, 11) is 0. The molecule has 0 bridgehead atoms. The summed E-state index contributed by atoms with van der Waals surface area (Å²) >= 11 is 3.33. The molecule has 0 saturated carbocycles. The fraction of sp³-hybridized carbons (Fsp3) is 0.133. The molecule has 2 aromatic carbocycles. The molecule has 0 unspecified atom stereocenters. The van der Waals surface area contributed by atoms with Crippen LogP contribution in [0.25, 0.3) is 0 Å². The van der Waals surface area contributed by atoms with Gasteiger partial charge in [-0.1, -0.05) is 28.1 Å². The zero-order valence-corrected chi connectivity index (χ0v) is 12.2. The van der Waals surface area contributed by atoms with Crippen LogP contribution in [0.3, 0.4) is 0 Å². The first-order chi connectivity index (χ1) is 9.65. The second kappa shape index (κ2) is 5.25. The van der Waals surface area contributed by atoms with Gasteiger partial charge in [0.15, 0.2) is 0 Å². The third kappa shape index (κ3) is 2.41. The first kappa shape index (κ1) is 13.1. The Bertz CT molecular complexity index is 675. The lowest BCUT2D eigenvalue weighted by molar-refractivity contribution is -0.117. The van der Waals surface area contributed by atoms with Gasteiger partial charge in [-0.15, -0.1) is 0 Å². The maximum Gasteiger partial charge on any atom is 0.246 e. The van der Waals surface area contributed by atoms with Gasteiger partial charge >= 0.3 is 0 Å². The first-order valence-electron chi connectivity index (χ1n) is 6.22. The highest BCUT2D eigenvalue weighted by Crippen LogP contribution is 2.30. The van der Waals surface area contributed by atoms with Gasteiger partial charge in [-0.25, -0.2) is 4.39 Å². The van der Waals surface area contributed by atoms with E-state index in [9.17, 15) is 9.18 Å². The molecule has 0 aromatic heterocycles. The molecule has 0 spiro atoms. The van der Waals surface area contributed by atoms with Crippen LogP contribution in [0.15, 0.2) is 46.9 Å². The van der Waals surface area contributed by atoms with E-state index in [1.807, 2.05) is 24.3 Å². The summed E-state index contributed by atoms with van der Waals surface area (Å²) in [5.74, 6) is -0.375. The summed E-state index contributed by atoms with van der Waals surface area (Å²) in [5.41, 5.74) is 2.16. The highest BCUT2D eigenvalue weighted by molar-refractivity contribution is 9.10. The number of hydrogen-bond donors (Lipinski definition) is 1. The molecule has 20 heavy (non-hydrogen) atoms. The number of nitrogens with zero attached hydrogens (tertiary/aromatic N) is 1. The van der Waals surface area contributed by atoms with Crippen molar-refractivity contribution in [1.82, 2.24) is 0 Å². The summed E-state index contributed by atoms with van der Waals surface area (Å²) in [6, 6.07) is 12.3. The molecule has 2 aromatic rings. The van der Waals surface area contributed by atoms with Gasteiger partial charge < -0.3 is 10.2 Å². The van der Waals surface area contributed by atoms with Crippen molar-refractivity contribution in [2.24, 2.45) is 0 Å². The van der Waals surface area contributed by atoms with Crippen molar-refractivity contribution >= 4 is 33.2 Å². The maximum atomic E-state index is 13.9. The van der Waals surface area contributed by atoms with Gasteiger partial charge in [0.05, 0.1) is 24.5 Å². The molecule has 3 nitrogen and oxygen atoms in total. The van der Waals surface area contributed by atoms with Crippen molar-refractivity contribution in [3.05, 3.63) is 58.3 Å². The highest BCUT2D eigenvalue weighted by atomic mass is 79.9. The Labute approximate surface area is 124 Å². The number of para-hydroxylation sites is 2. The predicted molar refractivity (Wildman–Crippen MR) is 80.2 cm³/mol. The zero-order valence-electron chi connectivity index (χ0n) is 10.6. The normalized spacial score (nSPS) is 13.9. The minimum Gasteiger partial charge on any atom is -0.374 e. The summed E-state index contributed by atoms with van der Waals surface area (Å²) in [6.07, 6.45) is 0. The largest absolute Gasteiger partial charge is 0.374 e. The molecule has 1 aliphatic rings. The van der Waals surface area contributed by atoms with Gasteiger partial charge in [-0.3, -0.25) is 4.79 Å². The maximum absolute atomic E-state index is 13.9. The fourth-order valence-electron chi connectivity index (χ4n) is 2.27. The third-order valence-corrected chi connectivity index (χ3v) is 3.76. The number of nitrogens with one attached hydrogen (secondary N) is 1. The lowest BCUT2D eigenvalue weighted by atomic mass is 10.1. The number of benzene rings is 2. The molecule has 1 aliphatic heterocycles. The lowest BCUT2D eigenvalue weighted by Gasteiger charge is -2.30. The molecule has 0 radical (unpaired) electrons. The predicted octanol–water partition coefficient (Wildman–Crippen LogP) is 3.55. The average Bonchev–Trinajstić information content (AvgIpc) is 2.46. The number of carbonyl (C=O) groups excluding carboxylic acids is 1. The first-order valence-corrected chi connectivity index (χ1v) is 7.01. The lowest BCUT2D eigenvalue weighted by Crippen LogP contribution is -2.39. The highest BCUT2D eigenvalue weighted by Gasteiger charge is 2.24. The molecule has 0 atom stereocenters. The summed E-state index contributed by atoms with van der Waals surface area (Å²) in [4.78, 5) is 13.7. The Morgan fingerprint density at radius 3 is 2.90 bits per heavy atom. The van der Waals surface area contributed by atoms with E-state index >= 15 is 0 Å². The van der Waals surface area contributed by atoms with E-state index in [0.29, 0.717) is 5.56 Å². The monoisotopic (exact) mass is 334 g/mol. The van der Waals surface area contributed by atoms with Crippen LogP contribution in [0.4, 0.5) is 15.8 Å². The Hall–Kier alpha value is -1.88. The SMILES string of the molecule is O=C1CNc2ccccc2N1Cc1cc(Br)ccc1F. The second-order valence-electron chi connectivity index (χ2n) is 4.59. The molecule has 1 heterocycles. The van der Waals surface area contributed by atoms with Crippen molar-refractivity contribution < 1.29 is 9.18 Å². The molecule has 0 fully saturated rings. The number of hydrogen-bond acceptors (Lipinski definition) is 2. The van der Waals surface area contributed by atoms with Gasteiger partial charge in [0.1, 0.15) is 5.82 Å². The van der Waals surface area contributed by atoms with Crippen LogP contribution in [-0.4, -0.2) is 12.5 Å². The van der Waals surface area contributed by atoms with E-state index in [1.54, 1.807) is 17.0 Å². The van der Waals surface area contributed by atoms with Crippen LogP contribution >= 0.6 is 15.9 Å². The number of rotatable bonds is 2. The van der Waals surface area contributed by atoms with E-state index in [0.717, 1.165) is 15.8 Å². The second-order valence-corrected chi connectivity index (χ2v) is 5.50. The van der Waals surface area contributed by atoms with E-state index in [2.05, 4.69) is 21.2 Å². The van der Waals surface area contributed by atoms with Crippen LogP contribution in [0.2, 0.25) is 0 Å². The minimum atomic E-state index is -0.308. The summed E-state index contributed by atoms with van der Waals surface area (Å²) in [6.45, 7) is 0.454. The fourth-order valence-corrected chi connectivity index (χ4v) is 2.68. The van der Waals surface area contributed by atoms with Crippen molar-refractivity contribution in [2.45, 2.75) is 6.54 Å². The molecule has 1 N–H and O–H groups in total. The molecule has 5 heteroatoms. The van der Waals surface area contributed by atoms with Crippen molar-refractivity contribution in [3.8, 4) is 0 Å². The Balaban J connectivity index is 1.97. The molecule has 0 saturated heterocycles. The number of anilines is 2. The van der Waals surface area contributed by atoms with Crippen molar-refractivity contribution in [2.75, 3.05) is 16.8 Å². The van der Waals surface area contributed by atoms with E-state index in [4.69, 9.17) is 0 Å². The minimum absolute atomic E-state index is 0.0666. The molecule has 102 valence electrons. The van der Waals surface area contributed by atoms with Gasteiger partial charge in [0.2, 0.25) is 5.91 Å². The van der Waals surface area contributed by atoms with Gasteiger partial charge in [-0.2, -0.15) is 0 Å². The molecule has 0 aliphatic carbocycles. The smallest absolute Gasteiger partial charge is 0.246 e. The summed E-state index contributed by atoms with van der Waals surface area (Å²) in [5, 5.41) is 3.06. The molecular formula is C15H12BrFN2O. The van der Waals surface area contributed by atoms with Crippen LogP contribution in [0.1, 0.15) is 5.56 Å². The van der Waals surface area contributed by atoms with Crippen LogP contribution in [-0.2, 0) is 11.3 Å². The van der Waals surface area contributed by atoms with E-state index in [-0.39, 0.29) is 24.8 Å². The molecule has 1 amide bonds.